The minimum atomic E-state index is -4.47. The van der Waals surface area contributed by atoms with Gasteiger partial charge in [0.15, 0.2) is 5.25 Å². The van der Waals surface area contributed by atoms with Gasteiger partial charge in [0.1, 0.15) is 0 Å². The topological polar surface area (TPSA) is 29.4 Å². The second-order valence-corrected chi connectivity index (χ2v) is 3.31. The fourth-order valence-corrected chi connectivity index (χ4v) is 1.44. The third-order valence-electron chi connectivity index (χ3n) is 1.08. The van der Waals surface area contributed by atoms with Crippen LogP contribution in [0.3, 0.4) is 0 Å². The number of thioether (sulfide) groups is 1. The quantitative estimate of drug-likeness (QED) is 0.571. The molecule has 1 aliphatic heterocycles. The van der Waals surface area contributed by atoms with Gasteiger partial charge >= 0.3 is 6.18 Å². The van der Waals surface area contributed by atoms with Gasteiger partial charge in [0, 0.05) is 0 Å². The zero-order valence-electron chi connectivity index (χ0n) is 5.47. The van der Waals surface area contributed by atoms with Crippen LogP contribution < -0.4 is 0 Å². The molecule has 11 heavy (non-hydrogen) atoms. The Morgan fingerprint density at radius 1 is 1.55 bits per heavy atom. The highest BCUT2D eigenvalue weighted by Gasteiger charge is 2.48. The van der Waals surface area contributed by atoms with Gasteiger partial charge in [-0.3, -0.25) is 4.79 Å². The molecule has 1 atom stereocenters. The summed E-state index contributed by atoms with van der Waals surface area (Å²) in [5.41, 5.74) is 0. The molecule has 0 saturated carbocycles. The van der Waals surface area contributed by atoms with Gasteiger partial charge in [0.2, 0.25) is 0 Å². The molecule has 0 spiro atoms. The van der Waals surface area contributed by atoms with E-state index in [9.17, 15) is 18.0 Å². The van der Waals surface area contributed by atoms with E-state index in [4.69, 9.17) is 0 Å². The summed E-state index contributed by atoms with van der Waals surface area (Å²) >= 11 is 0.456. The number of alkyl halides is 3. The van der Waals surface area contributed by atoms with Crippen LogP contribution in [-0.4, -0.2) is 22.4 Å². The molecule has 0 aliphatic carbocycles. The van der Waals surface area contributed by atoms with Crippen LogP contribution in [0.2, 0.25) is 0 Å². The van der Waals surface area contributed by atoms with E-state index >= 15 is 0 Å². The summed E-state index contributed by atoms with van der Waals surface area (Å²) in [5.74, 6) is -1.10. The Labute approximate surface area is 64.9 Å². The zero-order chi connectivity index (χ0) is 8.65. The molecule has 0 radical (unpaired) electrons. The first kappa shape index (κ1) is 8.58. The van der Waals surface area contributed by atoms with E-state index in [1.165, 1.54) is 6.92 Å². The second-order valence-electron chi connectivity index (χ2n) is 2.01. The summed E-state index contributed by atoms with van der Waals surface area (Å²) in [6, 6.07) is 0. The van der Waals surface area contributed by atoms with Crippen molar-refractivity contribution in [3.8, 4) is 0 Å². The lowest BCUT2D eigenvalue weighted by Crippen LogP contribution is -2.30. The lowest BCUT2D eigenvalue weighted by atomic mass is 10.4. The molecule has 0 aromatic carbocycles. The fraction of sp³-hybridized carbons (Fsp3) is 0.600. The molecule has 0 saturated heterocycles. The third-order valence-corrected chi connectivity index (χ3v) is 2.21. The highest BCUT2D eigenvalue weighted by molar-refractivity contribution is 8.15. The van der Waals surface area contributed by atoms with Crippen LogP contribution in [0.1, 0.15) is 6.92 Å². The van der Waals surface area contributed by atoms with Gasteiger partial charge in [0.05, 0.1) is 5.04 Å². The fourth-order valence-electron chi connectivity index (χ4n) is 0.668. The van der Waals surface area contributed by atoms with E-state index in [-0.39, 0.29) is 5.04 Å². The van der Waals surface area contributed by atoms with Crippen molar-refractivity contribution < 1.29 is 18.0 Å². The van der Waals surface area contributed by atoms with Crippen molar-refractivity contribution in [1.29, 1.82) is 0 Å². The number of carbonyl (C=O) groups is 1. The monoisotopic (exact) mass is 183 g/mol. The molecule has 6 heteroatoms. The molecule has 0 N–H and O–H groups in total. The van der Waals surface area contributed by atoms with Crippen LogP contribution in [0.4, 0.5) is 13.2 Å². The first-order chi connectivity index (χ1) is 4.91. The van der Waals surface area contributed by atoms with Crippen LogP contribution in [-0.2, 0) is 4.79 Å². The van der Waals surface area contributed by atoms with Gasteiger partial charge < -0.3 is 0 Å². The first-order valence-corrected chi connectivity index (χ1v) is 3.62. The Morgan fingerprint density at radius 2 is 2.09 bits per heavy atom. The summed E-state index contributed by atoms with van der Waals surface area (Å²) in [6.07, 6.45) is -4.47. The molecular formula is C5H4F3NOS. The van der Waals surface area contributed by atoms with Gasteiger partial charge in [-0.05, 0) is 6.92 Å². The maximum atomic E-state index is 11.9. The predicted molar refractivity (Wildman–Crippen MR) is 35.6 cm³/mol. The zero-order valence-corrected chi connectivity index (χ0v) is 6.29. The van der Waals surface area contributed by atoms with Crippen molar-refractivity contribution in [2.75, 3.05) is 0 Å². The molecule has 0 aromatic rings. The molecule has 1 aliphatic rings. The first-order valence-electron chi connectivity index (χ1n) is 2.74. The van der Waals surface area contributed by atoms with Crippen molar-refractivity contribution in [3.05, 3.63) is 0 Å². The summed E-state index contributed by atoms with van der Waals surface area (Å²) < 4.78 is 35.6. The Morgan fingerprint density at radius 3 is 2.27 bits per heavy atom. The normalized spacial score (nSPS) is 25.6. The van der Waals surface area contributed by atoms with Crippen LogP contribution in [0, 0.1) is 0 Å². The number of hydrogen-bond donors (Lipinski definition) is 0. The number of rotatable bonds is 0. The largest absolute Gasteiger partial charge is 0.409 e. The number of halogens is 3. The second kappa shape index (κ2) is 2.51. The summed E-state index contributed by atoms with van der Waals surface area (Å²) in [7, 11) is 0. The average molecular weight is 183 g/mol. The predicted octanol–water partition coefficient (Wildman–Crippen LogP) is 1.61. The van der Waals surface area contributed by atoms with E-state index in [1.54, 1.807) is 0 Å². The van der Waals surface area contributed by atoms with Crippen LogP contribution in [0.15, 0.2) is 4.99 Å². The molecule has 1 amide bonds. The minimum Gasteiger partial charge on any atom is -0.271 e. The molecule has 1 heterocycles. The highest BCUT2D eigenvalue weighted by atomic mass is 32.2. The van der Waals surface area contributed by atoms with Crippen molar-refractivity contribution in [2.45, 2.75) is 18.3 Å². The molecule has 1 unspecified atom stereocenters. The number of hydrogen-bond acceptors (Lipinski definition) is 2. The van der Waals surface area contributed by atoms with Gasteiger partial charge in [-0.2, -0.15) is 13.2 Å². The molecule has 1 rings (SSSR count). The lowest BCUT2D eigenvalue weighted by Gasteiger charge is -2.09. The van der Waals surface area contributed by atoms with Gasteiger partial charge in [0.25, 0.3) is 5.91 Å². The van der Waals surface area contributed by atoms with Crippen molar-refractivity contribution in [3.63, 3.8) is 0 Å². The maximum Gasteiger partial charge on any atom is 0.409 e. The van der Waals surface area contributed by atoms with Crippen molar-refractivity contribution >= 4 is 22.7 Å². The van der Waals surface area contributed by atoms with E-state index in [1.807, 2.05) is 0 Å². The van der Waals surface area contributed by atoms with E-state index in [0.717, 1.165) is 0 Å². The van der Waals surface area contributed by atoms with Crippen LogP contribution in [0.5, 0.6) is 0 Å². The number of amides is 1. The molecule has 0 fully saturated rings. The third kappa shape index (κ3) is 1.74. The summed E-state index contributed by atoms with van der Waals surface area (Å²) in [5, 5.41) is -1.79. The SMILES string of the molecule is CC1=NC(=O)C(C(F)(F)F)S1. The Kier molecular flexibility index (Phi) is 1.96. The van der Waals surface area contributed by atoms with Gasteiger partial charge in [-0.25, -0.2) is 4.99 Å². The van der Waals surface area contributed by atoms with E-state index in [2.05, 4.69) is 4.99 Å². The summed E-state index contributed by atoms with van der Waals surface area (Å²) in [6.45, 7) is 1.38. The number of nitrogens with zero attached hydrogens (tertiary/aromatic N) is 1. The lowest BCUT2D eigenvalue weighted by molar-refractivity contribution is -0.146. The van der Waals surface area contributed by atoms with Gasteiger partial charge in [-0.1, -0.05) is 11.8 Å². The van der Waals surface area contributed by atoms with Crippen LogP contribution >= 0.6 is 11.8 Å². The highest BCUT2D eigenvalue weighted by Crippen LogP contribution is 2.35. The molecular weight excluding hydrogens is 179 g/mol. The van der Waals surface area contributed by atoms with E-state index in [0.29, 0.717) is 11.8 Å². The molecule has 62 valence electrons. The maximum absolute atomic E-state index is 11.9. The van der Waals surface area contributed by atoms with Crippen molar-refractivity contribution in [1.82, 2.24) is 0 Å². The van der Waals surface area contributed by atoms with Crippen LogP contribution in [0.25, 0.3) is 0 Å². The molecule has 2 nitrogen and oxygen atoms in total. The van der Waals surface area contributed by atoms with Crippen molar-refractivity contribution in [2.24, 2.45) is 4.99 Å². The smallest absolute Gasteiger partial charge is 0.271 e. The summed E-state index contributed by atoms with van der Waals surface area (Å²) in [4.78, 5) is 13.7. The Balaban J connectivity index is 2.75. The van der Waals surface area contributed by atoms with Gasteiger partial charge in [-0.15, -0.1) is 0 Å². The standard InChI is InChI=1S/C5H4F3NOS/c1-2-9-4(10)3(11-2)5(6,7)8/h3H,1H3. The molecule has 0 aromatic heterocycles. The Bertz CT molecular complexity index is 222. The molecule has 0 bridgehead atoms. The minimum absolute atomic E-state index is 0.178. The van der Waals surface area contributed by atoms with E-state index < -0.39 is 17.3 Å². The Hall–Kier alpha value is -0.520. The average Bonchev–Trinajstić information content (AvgIpc) is 2.08. The number of aliphatic imine (C=N–C) groups is 1. The number of carbonyl (C=O) groups excluding carboxylic acids is 1.